The quantitative estimate of drug-likeness (QED) is 0.649. The summed E-state index contributed by atoms with van der Waals surface area (Å²) in [7, 11) is 0. The predicted molar refractivity (Wildman–Crippen MR) is 108 cm³/mol. The molecule has 0 aliphatic carbocycles. The van der Waals surface area contributed by atoms with Crippen molar-refractivity contribution in [1.29, 1.82) is 0 Å². The largest absolute Gasteiger partial charge is 0.418 e. The van der Waals surface area contributed by atoms with Crippen LogP contribution in [0.5, 0.6) is 0 Å². The van der Waals surface area contributed by atoms with Gasteiger partial charge in [0.2, 0.25) is 17.2 Å². The van der Waals surface area contributed by atoms with Gasteiger partial charge in [0.05, 0.1) is 29.5 Å². The van der Waals surface area contributed by atoms with Crippen LogP contribution in [-0.2, 0) is 22.3 Å². The predicted octanol–water partition coefficient (Wildman–Crippen LogP) is 2.90. The Hall–Kier alpha value is -3.69. The van der Waals surface area contributed by atoms with E-state index in [0.717, 1.165) is 18.3 Å². The van der Waals surface area contributed by atoms with Gasteiger partial charge in [0.1, 0.15) is 6.54 Å². The molecule has 3 aromatic rings. The summed E-state index contributed by atoms with van der Waals surface area (Å²) in [6, 6.07) is 11.3. The lowest BCUT2D eigenvalue weighted by Gasteiger charge is -2.22. The van der Waals surface area contributed by atoms with Crippen molar-refractivity contribution in [2.24, 2.45) is 0 Å². The van der Waals surface area contributed by atoms with Crippen molar-refractivity contribution < 1.29 is 22.8 Å². The van der Waals surface area contributed by atoms with Gasteiger partial charge in [0.25, 0.3) is 0 Å². The molecule has 0 radical (unpaired) electrons. The third-order valence-corrected chi connectivity index (χ3v) is 4.62. The smallest absolute Gasteiger partial charge is 0.332 e. The first-order chi connectivity index (χ1) is 14.7. The van der Waals surface area contributed by atoms with Gasteiger partial charge < -0.3 is 10.2 Å². The van der Waals surface area contributed by atoms with Crippen molar-refractivity contribution in [1.82, 2.24) is 14.7 Å². The minimum absolute atomic E-state index is 0.158. The van der Waals surface area contributed by atoms with Crippen molar-refractivity contribution in [3.63, 3.8) is 0 Å². The fraction of sp³-hybridized carbons (Fsp3) is 0.238. The number of alkyl halides is 3. The number of anilines is 1. The highest BCUT2D eigenvalue weighted by Gasteiger charge is 2.33. The van der Waals surface area contributed by atoms with E-state index in [-0.39, 0.29) is 24.2 Å². The average molecular weight is 432 g/mol. The van der Waals surface area contributed by atoms with Gasteiger partial charge in [-0.05, 0) is 31.2 Å². The van der Waals surface area contributed by atoms with Crippen LogP contribution in [0.15, 0.2) is 59.5 Å². The van der Waals surface area contributed by atoms with Gasteiger partial charge in [-0.1, -0.05) is 24.3 Å². The van der Waals surface area contributed by atoms with E-state index < -0.39 is 30.1 Å². The first-order valence-electron chi connectivity index (χ1n) is 9.39. The van der Waals surface area contributed by atoms with Crippen LogP contribution < -0.4 is 10.7 Å². The number of amides is 2. The summed E-state index contributed by atoms with van der Waals surface area (Å²) in [5, 5.41) is 6.60. The number of aromatic nitrogens is 2. The molecule has 2 amide bonds. The molecule has 7 nitrogen and oxygen atoms in total. The number of fused-ring (bicyclic) bond motifs is 1. The van der Waals surface area contributed by atoms with E-state index in [9.17, 15) is 27.6 Å². The van der Waals surface area contributed by atoms with Crippen LogP contribution in [0.4, 0.5) is 18.9 Å². The third kappa shape index (κ3) is 5.08. The first-order valence-corrected chi connectivity index (χ1v) is 9.39. The van der Waals surface area contributed by atoms with Crippen molar-refractivity contribution in [2.75, 3.05) is 18.4 Å². The van der Waals surface area contributed by atoms with Gasteiger partial charge in [-0.25, -0.2) is 0 Å². The molecule has 0 aliphatic heterocycles. The zero-order valence-corrected chi connectivity index (χ0v) is 16.5. The number of carbonyl (C=O) groups is 2. The standard InChI is InChI=1S/C21H19F3N4O3/c1-2-27(12-19(30)26-16-9-5-4-8-15(16)21(22,23)24)20(31)13-28-17-10-6-3-7-14(17)18(29)11-25-28/h3-11H,2,12-13H2,1H3,(H,26,30). The lowest BCUT2D eigenvalue weighted by atomic mass is 10.1. The van der Waals surface area contributed by atoms with Crippen LogP contribution in [0.1, 0.15) is 12.5 Å². The van der Waals surface area contributed by atoms with Crippen molar-refractivity contribution in [3.8, 4) is 0 Å². The highest BCUT2D eigenvalue weighted by Crippen LogP contribution is 2.34. The summed E-state index contributed by atoms with van der Waals surface area (Å²) in [6.45, 7) is 1.14. The van der Waals surface area contributed by atoms with Gasteiger partial charge in [0.15, 0.2) is 0 Å². The summed E-state index contributed by atoms with van der Waals surface area (Å²) in [4.78, 5) is 38.2. The minimum atomic E-state index is -4.62. The minimum Gasteiger partial charge on any atom is -0.332 e. The van der Waals surface area contributed by atoms with E-state index in [4.69, 9.17) is 0 Å². The summed E-state index contributed by atoms with van der Waals surface area (Å²) in [6.07, 6.45) is -3.52. The molecule has 0 saturated carbocycles. The Kier molecular flexibility index (Phi) is 6.38. The van der Waals surface area contributed by atoms with Crippen LogP contribution in [0.25, 0.3) is 10.9 Å². The average Bonchev–Trinajstić information content (AvgIpc) is 2.73. The Balaban J connectivity index is 1.74. The van der Waals surface area contributed by atoms with E-state index >= 15 is 0 Å². The second-order valence-electron chi connectivity index (χ2n) is 6.68. The Morgan fingerprint density at radius 2 is 1.77 bits per heavy atom. The monoisotopic (exact) mass is 432 g/mol. The second kappa shape index (κ2) is 8.99. The summed E-state index contributed by atoms with van der Waals surface area (Å²) < 4.78 is 40.7. The molecule has 0 saturated heterocycles. The number of para-hydroxylation sites is 2. The number of benzene rings is 2. The molecule has 0 spiro atoms. The van der Waals surface area contributed by atoms with Gasteiger partial charge in [0, 0.05) is 11.9 Å². The molecule has 0 unspecified atom stereocenters. The molecule has 1 N–H and O–H groups in total. The van der Waals surface area contributed by atoms with E-state index in [1.165, 1.54) is 21.7 Å². The first kappa shape index (κ1) is 22.0. The van der Waals surface area contributed by atoms with Crippen molar-refractivity contribution in [2.45, 2.75) is 19.6 Å². The zero-order valence-electron chi connectivity index (χ0n) is 16.5. The van der Waals surface area contributed by atoms with Crippen LogP contribution in [0.2, 0.25) is 0 Å². The number of hydrogen-bond acceptors (Lipinski definition) is 4. The Bertz CT molecular complexity index is 1170. The third-order valence-electron chi connectivity index (χ3n) is 4.62. The number of hydrogen-bond donors (Lipinski definition) is 1. The van der Waals surface area contributed by atoms with E-state index in [1.807, 2.05) is 0 Å². The molecule has 0 bridgehead atoms. The van der Waals surface area contributed by atoms with Crippen LogP contribution >= 0.6 is 0 Å². The molecule has 10 heteroatoms. The van der Waals surface area contributed by atoms with Crippen LogP contribution in [0, 0.1) is 0 Å². The topological polar surface area (TPSA) is 84.3 Å². The highest BCUT2D eigenvalue weighted by atomic mass is 19.4. The van der Waals surface area contributed by atoms with E-state index in [1.54, 1.807) is 31.2 Å². The lowest BCUT2D eigenvalue weighted by Crippen LogP contribution is -2.40. The van der Waals surface area contributed by atoms with Gasteiger partial charge >= 0.3 is 6.18 Å². The molecule has 2 aromatic carbocycles. The molecule has 1 aromatic heterocycles. The van der Waals surface area contributed by atoms with Crippen molar-refractivity contribution in [3.05, 3.63) is 70.5 Å². The Labute approximate surface area is 175 Å². The molecular formula is C21H19F3N4O3. The second-order valence-corrected chi connectivity index (χ2v) is 6.68. The van der Waals surface area contributed by atoms with E-state index in [2.05, 4.69) is 10.4 Å². The molecule has 3 rings (SSSR count). The fourth-order valence-corrected chi connectivity index (χ4v) is 3.09. The Morgan fingerprint density at radius 1 is 1.10 bits per heavy atom. The molecule has 0 fully saturated rings. The summed E-state index contributed by atoms with van der Waals surface area (Å²) in [5.41, 5.74) is -1.17. The summed E-state index contributed by atoms with van der Waals surface area (Å²) >= 11 is 0. The zero-order chi connectivity index (χ0) is 22.6. The molecule has 162 valence electrons. The van der Waals surface area contributed by atoms with Gasteiger partial charge in [-0.3, -0.25) is 19.1 Å². The van der Waals surface area contributed by atoms with E-state index in [0.29, 0.717) is 10.9 Å². The number of halogens is 3. The fourth-order valence-electron chi connectivity index (χ4n) is 3.09. The number of likely N-dealkylation sites (N-methyl/N-ethyl adjacent to an activating group) is 1. The molecular weight excluding hydrogens is 413 g/mol. The van der Waals surface area contributed by atoms with Gasteiger partial charge in [-0.15, -0.1) is 0 Å². The van der Waals surface area contributed by atoms with Crippen LogP contribution in [-0.4, -0.2) is 39.6 Å². The van der Waals surface area contributed by atoms with Gasteiger partial charge in [-0.2, -0.15) is 18.3 Å². The van der Waals surface area contributed by atoms with Crippen molar-refractivity contribution >= 4 is 28.4 Å². The number of carbonyl (C=O) groups excluding carboxylic acids is 2. The van der Waals surface area contributed by atoms with Crippen LogP contribution in [0.3, 0.4) is 0 Å². The molecule has 0 atom stereocenters. The maximum absolute atomic E-state index is 13.1. The normalized spacial score (nSPS) is 11.4. The number of rotatable bonds is 6. The maximum atomic E-state index is 13.1. The number of nitrogens with one attached hydrogen (secondary N) is 1. The summed E-state index contributed by atoms with van der Waals surface area (Å²) in [5.74, 6) is -1.23. The highest BCUT2D eigenvalue weighted by molar-refractivity contribution is 5.95. The molecule has 31 heavy (non-hydrogen) atoms. The molecule has 1 heterocycles. The SMILES string of the molecule is CCN(CC(=O)Nc1ccccc1C(F)(F)F)C(=O)Cn1ncc(=O)c2ccccc21. The molecule has 0 aliphatic rings. The lowest BCUT2D eigenvalue weighted by molar-refractivity contribution is -0.137. The maximum Gasteiger partial charge on any atom is 0.418 e. The number of nitrogens with zero attached hydrogens (tertiary/aromatic N) is 3. The Morgan fingerprint density at radius 3 is 2.48 bits per heavy atom.